The molecule has 0 saturated carbocycles. The molecule has 1 atom stereocenters. The summed E-state index contributed by atoms with van der Waals surface area (Å²) in [5, 5.41) is 2.04. The molecule has 2 aromatic carbocycles. The molecule has 1 aromatic heterocycles. The number of aromatic nitrogens is 1. The Morgan fingerprint density at radius 1 is 1.05 bits per heavy atom. The summed E-state index contributed by atoms with van der Waals surface area (Å²) in [5.41, 5.74) is 9.66. The van der Waals surface area contributed by atoms with Crippen molar-refractivity contribution < 1.29 is 0 Å². The maximum atomic E-state index is 5.93. The predicted octanol–water partition coefficient (Wildman–Crippen LogP) is 4.23. The van der Waals surface area contributed by atoms with Gasteiger partial charge in [0.05, 0.1) is 0 Å². The molecule has 3 aromatic rings. The zero-order valence-electron chi connectivity index (χ0n) is 12.1. The van der Waals surface area contributed by atoms with Gasteiger partial charge in [-0.3, -0.25) is 0 Å². The Morgan fingerprint density at radius 3 is 2.48 bits per heavy atom. The van der Waals surface area contributed by atoms with Crippen LogP contribution in [0, 0.1) is 0 Å². The third-order valence-electron chi connectivity index (χ3n) is 3.66. The highest BCUT2D eigenvalue weighted by Crippen LogP contribution is 2.20. The fourth-order valence-corrected chi connectivity index (χ4v) is 2.80. The second kappa shape index (κ2) is 5.92. The van der Waals surface area contributed by atoms with E-state index in [1.807, 2.05) is 19.1 Å². The fraction of sp³-hybridized carbons (Fsp3) is 0.222. The van der Waals surface area contributed by atoms with Gasteiger partial charge in [-0.1, -0.05) is 29.8 Å². The molecule has 0 spiro atoms. The third kappa shape index (κ3) is 3.29. The molecule has 0 bridgehead atoms. The highest BCUT2D eigenvalue weighted by Gasteiger charge is 2.04. The minimum atomic E-state index is 0.193. The molecule has 2 N–H and O–H groups in total. The van der Waals surface area contributed by atoms with Gasteiger partial charge in [0.25, 0.3) is 0 Å². The van der Waals surface area contributed by atoms with Crippen molar-refractivity contribution in [3.8, 4) is 0 Å². The van der Waals surface area contributed by atoms with E-state index in [0.717, 1.165) is 18.0 Å². The molecule has 1 unspecified atom stereocenters. The molecule has 0 fully saturated rings. The van der Waals surface area contributed by atoms with Crippen LogP contribution in [0.25, 0.3) is 10.9 Å². The minimum absolute atomic E-state index is 0.193. The van der Waals surface area contributed by atoms with Gasteiger partial charge in [0, 0.05) is 29.3 Å². The largest absolute Gasteiger partial charge is 0.343 e. The second-order valence-electron chi connectivity index (χ2n) is 5.64. The number of halogens is 1. The number of fused-ring (bicyclic) bond motifs is 1. The van der Waals surface area contributed by atoms with Gasteiger partial charge in [0.15, 0.2) is 0 Å². The van der Waals surface area contributed by atoms with Crippen molar-refractivity contribution in [1.29, 1.82) is 0 Å². The Kier molecular flexibility index (Phi) is 4.00. The van der Waals surface area contributed by atoms with Gasteiger partial charge in [0.1, 0.15) is 0 Å². The molecule has 0 amide bonds. The van der Waals surface area contributed by atoms with E-state index in [1.165, 1.54) is 22.0 Å². The molecular weight excluding hydrogens is 280 g/mol. The molecule has 0 saturated heterocycles. The zero-order chi connectivity index (χ0) is 14.8. The van der Waals surface area contributed by atoms with Crippen molar-refractivity contribution >= 4 is 22.5 Å². The summed E-state index contributed by atoms with van der Waals surface area (Å²) in [4.78, 5) is 0. The maximum absolute atomic E-state index is 5.93. The molecule has 0 radical (unpaired) electrons. The molecule has 0 aliphatic rings. The van der Waals surface area contributed by atoms with Gasteiger partial charge in [-0.15, -0.1) is 0 Å². The minimum Gasteiger partial charge on any atom is -0.343 e. The highest BCUT2D eigenvalue weighted by atomic mass is 35.5. The van der Waals surface area contributed by atoms with Crippen LogP contribution in [0.1, 0.15) is 18.1 Å². The van der Waals surface area contributed by atoms with Gasteiger partial charge in [-0.2, -0.15) is 0 Å². The van der Waals surface area contributed by atoms with E-state index in [0.29, 0.717) is 0 Å². The summed E-state index contributed by atoms with van der Waals surface area (Å²) in [6.07, 6.45) is 3.05. The zero-order valence-corrected chi connectivity index (χ0v) is 12.8. The van der Waals surface area contributed by atoms with Crippen LogP contribution in [0.15, 0.2) is 54.7 Å². The Balaban J connectivity index is 1.88. The number of rotatable bonds is 4. The van der Waals surface area contributed by atoms with Crippen molar-refractivity contribution in [2.75, 3.05) is 0 Å². The lowest BCUT2D eigenvalue weighted by molar-refractivity contribution is 0.738. The number of nitrogens with two attached hydrogens (primary N) is 1. The van der Waals surface area contributed by atoms with E-state index in [-0.39, 0.29) is 6.04 Å². The van der Waals surface area contributed by atoms with Crippen LogP contribution in [0.4, 0.5) is 0 Å². The van der Waals surface area contributed by atoms with Crippen molar-refractivity contribution in [2.24, 2.45) is 5.73 Å². The topological polar surface area (TPSA) is 30.9 Å². The maximum Gasteiger partial charge on any atom is 0.0483 e. The summed E-state index contributed by atoms with van der Waals surface area (Å²) in [6.45, 7) is 2.89. The first kappa shape index (κ1) is 14.2. The monoisotopic (exact) mass is 298 g/mol. The van der Waals surface area contributed by atoms with Gasteiger partial charge in [0.2, 0.25) is 0 Å². The van der Waals surface area contributed by atoms with E-state index in [2.05, 4.69) is 47.2 Å². The average Bonchev–Trinajstić information content (AvgIpc) is 2.83. The lowest BCUT2D eigenvalue weighted by atomic mass is 10.1. The summed E-state index contributed by atoms with van der Waals surface area (Å²) >= 11 is 5.93. The van der Waals surface area contributed by atoms with Gasteiger partial charge in [-0.25, -0.2) is 0 Å². The molecule has 108 valence electrons. The van der Waals surface area contributed by atoms with Crippen LogP contribution >= 0.6 is 11.6 Å². The Labute approximate surface area is 130 Å². The fourth-order valence-electron chi connectivity index (χ4n) is 2.67. The first-order valence-electron chi connectivity index (χ1n) is 7.19. The summed E-state index contributed by atoms with van der Waals surface area (Å²) in [7, 11) is 0. The van der Waals surface area contributed by atoms with Crippen LogP contribution in [0.3, 0.4) is 0 Å². The van der Waals surface area contributed by atoms with Crippen molar-refractivity contribution in [2.45, 2.75) is 25.9 Å². The molecular formula is C18H19ClN2. The van der Waals surface area contributed by atoms with Crippen LogP contribution in [-0.4, -0.2) is 10.6 Å². The molecule has 3 heteroatoms. The molecule has 0 aliphatic carbocycles. The van der Waals surface area contributed by atoms with Crippen molar-refractivity contribution in [3.05, 3.63) is 70.9 Å². The van der Waals surface area contributed by atoms with Crippen LogP contribution in [0.2, 0.25) is 5.02 Å². The normalized spacial score (nSPS) is 12.7. The number of benzene rings is 2. The Morgan fingerprint density at radius 2 is 1.76 bits per heavy atom. The van der Waals surface area contributed by atoms with Gasteiger partial charge < -0.3 is 10.3 Å². The highest BCUT2D eigenvalue weighted by molar-refractivity contribution is 6.30. The Hall–Kier alpha value is -1.77. The number of hydrogen-bond donors (Lipinski definition) is 1. The van der Waals surface area contributed by atoms with Crippen LogP contribution in [-0.2, 0) is 13.0 Å². The summed E-state index contributed by atoms with van der Waals surface area (Å²) in [5.74, 6) is 0. The van der Waals surface area contributed by atoms with Crippen molar-refractivity contribution in [1.82, 2.24) is 4.57 Å². The smallest absolute Gasteiger partial charge is 0.0483 e. The molecule has 21 heavy (non-hydrogen) atoms. The van der Waals surface area contributed by atoms with E-state index in [4.69, 9.17) is 17.3 Å². The van der Waals surface area contributed by atoms with Gasteiger partial charge in [-0.05, 0) is 60.2 Å². The molecule has 3 rings (SSSR count). The Bertz CT molecular complexity index is 742. The van der Waals surface area contributed by atoms with Crippen LogP contribution in [0.5, 0.6) is 0 Å². The quantitative estimate of drug-likeness (QED) is 0.767. The average molecular weight is 299 g/mol. The standard InChI is InChI=1S/C18H19ClN2/c1-13(20)10-15-4-7-18-16(11-15)8-9-21(18)12-14-2-5-17(19)6-3-14/h2-9,11,13H,10,12,20H2,1H3. The van der Waals surface area contributed by atoms with Crippen LogP contribution < -0.4 is 5.73 Å². The first-order valence-corrected chi connectivity index (χ1v) is 7.57. The molecule has 1 heterocycles. The van der Waals surface area contributed by atoms with E-state index in [1.54, 1.807) is 0 Å². The van der Waals surface area contributed by atoms with E-state index in [9.17, 15) is 0 Å². The molecule has 2 nitrogen and oxygen atoms in total. The van der Waals surface area contributed by atoms with E-state index < -0.39 is 0 Å². The van der Waals surface area contributed by atoms with E-state index >= 15 is 0 Å². The lowest BCUT2D eigenvalue weighted by Gasteiger charge is -2.08. The number of hydrogen-bond acceptors (Lipinski definition) is 1. The summed E-state index contributed by atoms with van der Waals surface area (Å²) < 4.78 is 2.26. The predicted molar refractivity (Wildman–Crippen MR) is 89.8 cm³/mol. The lowest BCUT2D eigenvalue weighted by Crippen LogP contribution is -2.17. The first-order chi connectivity index (χ1) is 10.1. The third-order valence-corrected chi connectivity index (χ3v) is 3.91. The van der Waals surface area contributed by atoms with Crippen molar-refractivity contribution in [3.63, 3.8) is 0 Å². The molecule has 0 aliphatic heterocycles. The number of nitrogens with zero attached hydrogens (tertiary/aromatic N) is 1. The summed E-state index contributed by atoms with van der Waals surface area (Å²) in [6, 6.07) is 16.9. The van der Waals surface area contributed by atoms with Gasteiger partial charge >= 0.3 is 0 Å². The SMILES string of the molecule is CC(N)Cc1ccc2c(ccn2Cc2ccc(Cl)cc2)c1. The second-order valence-corrected chi connectivity index (χ2v) is 6.08.